The Hall–Kier alpha value is -2.45. The molecule has 4 aromatic rings. The zero-order valence-corrected chi connectivity index (χ0v) is 15.8. The van der Waals surface area contributed by atoms with Gasteiger partial charge in [0.1, 0.15) is 0 Å². The molecule has 1 aromatic carbocycles. The molecule has 25 heavy (non-hydrogen) atoms. The molecule has 0 unspecified atom stereocenters. The average molecular weight is 415 g/mol. The van der Waals surface area contributed by atoms with Gasteiger partial charge in [-0.3, -0.25) is 5.10 Å². The van der Waals surface area contributed by atoms with Crippen molar-refractivity contribution in [3.8, 4) is 0 Å². The molecule has 0 spiro atoms. The van der Waals surface area contributed by atoms with Gasteiger partial charge >= 0.3 is 0 Å². The maximum absolute atomic E-state index is 4.63. The van der Waals surface area contributed by atoms with Gasteiger partial charge in [0.2, 0.25) is 5.95 Å². The van der Waals surface area contributed by atoms with E-state index < -0.39 is 0 Å². The molecular formula is C17H15BrN6S. The first kappa shape index (κ1) is 16.0. The predicted molar refractivity (Wildman–Crippen MR) is 105 cm³/mol. The summed E-state index contributed by atoms with van der Waals surface area (Å²) in [7, 11) is 0. The molecule has 0 fully saturated rings. The van der Waals surface area contributed by atoms with Crippen LogP contribution in [0, 0.1) is 6.92 Å². The Morgan fingerprint density at radius 1 is 1.20 bits per heavy atom. The van der Waals surface area contributed by atoms with Gasteiger partial charge in [0, 0.05) is 22.8 Å². The minimum Gasteiger partial charge on any atom is -0.350 e. The summed E-state index contributed by atoms with van der Waals surface area (Å²) in [5.74, 6) is 2.08. The molecule has 3 aromatic heterocycles. The van der Waals surface area contributed by atoms with Crippen molar-refractivity contribution in [2.45, 2.75) is 13.5 Å². The summed E-state index contributed by atoms with van der Waals surface area (Å²) in [5, 5.41) is 15.7. The molecule has 126 valence electrons. The lowest BCUT2D eigenvalue weighted by molar-refractivity contribution is 1.04. The lowest BCUT2D eigenvalue weighted by Crippen LogP contribution is -2.05. The minimum atomic E-state index is 0.584. The first-order valence-electron chi connectivity index (χ1n) is 7.70. The normalized spacial score (nSPS) is 11.0. The van der Waals surface area contributed by atoms with E-state index in [-0.39, 0.29) is 0 Å². The molecule has 0 aliphatic rings. The lowest BCUT2D eigenvalue weighted by Gasteiger charge is -2.09. The number of halogens is 1. The van der Waals surface area contributed by atoms with Crippen LogP contribution in [0.1, 0.15) is 11.3 Å². The van der Waals surface area contributed by atoms with Crippen molar-refractivity contribution >= 4 is 55.1 Å². The highest BCUT2D eigenvalue weighted by Crippen LogP contribution is 2.29. The third kappa shape index (κ3) is 3.64. The Morgan fingerprint density at radius 2 is 2.12 bits per heavy atom. The minimum absolute atomic E-state index is 0.584. The van der Waals surface area contributed by atoms with Crippen LogP contribution in [0.2, 0.25) is 0 Å². The summed E-state index contributed by atoms with van der Waals surface area (Å²) in [5.41, 5.74) is 3.05. The second-order valence-electron chi connectivity index (χ2n) is 5.58. The van der Waals surface area contributed by atoms with Gasteiger partial charge in [-0.2, -0.15) is 10.1 Å². The zero-order valence-electron chi connectivity index (χ0n) is 13.4. The molecule has 0 saturated heterocycles. The highest BCUT2D eigenvalue weighted by Gasteiger charge is 2.10. The molecule has 0 radical (unpaired) electrons. The van der Waals surface area contributed by atoms with E-state index in [0.717, 1.165) is 37.6 Å². The summed E-state index contributed by atoms with van der Waals surface area (Å²) < 4.78 is 2.06. The number of hydrogen-bond acceptors (Lipinski definition) is 6. The van der Waals surface area contributed by atoms with Crippen molar-refractivity contribution in [3.63, 3.8) is 0 Å². The van der Waals surface area contributed by atoms with Crippen LogP contribution in [0.5, 0.6) is 0 Å². The first-order chi connectivity index (χ1) is 12.2. The fourth-order valence-electron chi connectivity index (χ4n) is 2.46. The summed E-state index contributed by atoms with van der Waals surface area (Å²) in [4.78, 5) is 9.22. The molecule has 0 amide bonds. The fourth-order valence-corrected chi connectivity index (χ4v) is 3.68. The highest BCUT2D eigenvalue weighted by molar-refractivity contribution is 9.10. The summed E-state index contributed by atoms with van der Waals surface area (Å²) in [6.45, 7) is 2.61. The number of thiophene rings is 1. The van der Waals surface area contributed by atoms with Gasteiger partial charge in [0.25, 0.3) is 0 Å². The SMILES string of the molecule is Cc1cc(Nc2nc(NCc3cccc(Br)c3)nc3ccsc23)n[nH]1. The van der Waals surface area contributed by atoms with E-state index in [1.165, 1.54) is 0 Å². The van der Waals surface area contributed by atoms with Crippen LogP contribution in [-0.4, -0.2) is 20.2 Å². The van der Waals surface area contributed by atoms with Crippen molar-refractivity contribution in [3.05, 3.63) is 57.5 Å². The smallest absolute Gasteiger partial charge is 0.225 e. The zero-order chi connectivity index (χ0) is 17.2. The second kappa shape index (κ2) is 6.81. The number of fused-ring (bicyclic) bond motifs is 1. The van der Waals surface area contributed by atoms with Crippen LogP contribution in [0.15, 0.2) is 46.3 Å². The van der Waals surface area contributed by atoms with E-state index in [4.69, 9.17) is 0 Å². The molecular weight excluding hydrogens is 400 g/mol. The molecule has 4 rings (SSSR count). The molecule has 8 heteroatoms. The fraction of sp³-hybridized carbons (Fsp3) is 0.118. The van der Waals surface area contributed by atoms with E-state index in [1.54, 1.807) is 11.3 Å². The van der Waals surface area contributed by atoms with Gasteiger partial charge in [-0.15, -0.1) is 11.3 Å². The Bertz CT molecular complexity index is 1020. The van der Waals surface area contributed by atoms with E-state index in [2.05, 4.69) is 58.9 Å². The molecule has 0 aliphatic heterocycles. The van der Waals surface area contributed by atoms with Crippen LogP contribution in [-0.2, 0) is 6.54 Å². The van der Waals surface area contributed by atoms with Crippen molar-refractivity contribution in [2.24, 2.45) is 0 Å². The second-order valence-corrected chi connectivity index (χ2v) is 7.41. The van der Waals surface area contributed by atoms with Gasteiger partial charge in [0.15, 0.2) is 11.6 Å². The maximum atomic E-state index is 4.63. The van der Waals surface area contributed by atoms with E-state index >= 15 is 0 Å². The molecule has 0 atom stereocenters. The molecule has 0 bridgehead atoms. The average Bonchev–Trinajstić information content (AvgIpc) is 3.22. The Kier molecular flexibility index (Phi) is 4.37. The van der Waals surface area contributed by atoms with Gasteiger partial charge < -0.3 is 10.6 Å². The number of aryl methyl sites for hydroxylation is 1. The van der Waals surface area contributed by atoms with Gasteiger partial charge in [-0.05, 0) is 36.1 Å². The molecule has 6 nitrogen and oxygen atoms in total. The lowest BCUT2D eigenvalue weighted by atomic mass is 10.2. The summed E-state index contributed by atoms with van der Waals surface area (Å²) >= 11 is 5.09. The third-order valence-electron chi connectivity index (χ3n) is 3.60. The van der Waals surface area contributed by atoms with Crippen LogP contribution in [0.25, 0.3) is 10.2 Å². The monoisotopic (exact) mass is 414 g/mol. The van der Waals surface area contributed by atoms with E-state index in [0.29, 0.717) is 12.5 Å². The number of nitrogens with one attached hydrogen (secondary N) is 3. The van der Waals surface area contributed by atoms with E-state index in [9.17, 15) is 0 Å². The van der Waals surface area contributed by atoms with Gasteiger partial charge in [-0.25, -0.2) is 4.98 Å². The number of aromatic nitrogens is 4. The molecule has 3 heterocycles. The van der Waals surface area contributed by atoms with Crippen molar-refractivity contribution in [2.75, 3.05) is 10.6 Å². The van der Waals surface area contributed by atoms with Crippen molar-refractivity contribution in [1.82, 2.24) is 20.2 Å². The summed E-state index contributed by atoms with van der Waals surface area (Å²) in [6.07, 6.45) is 0. The van der Waals surface area contributed by atoms with Gasteiger partial charge in [-0.1, -0.05) is 28.1 Å². The highest BCUT2D eigenvalue weighted by atomic mass is 79.9. The van der Waals surface area contributed by atoms with Crippen LogP contribution >= 0.6 is 27.3 Å². The summed E-state index contributed by atoms with van der Waals surface area (Å²) in [6, 6.07) is 12.1. The molecule has 3 N–H and O–H groups in total. The largest absolute Gasteiger partial charge is 0.350 e. The van der Waals surface area contributed by atoms with Crippen molar-refractivity contribution in [1.29, 1.82) is 0 Å². The maximum Gasteiger partial charge on any atom is 0.225 e. The molecule has 0 saturated carbocycles. The topological polar surface area (TPSA) is 78.5 Å². The van der Waals surface area contributed by atoms with Crippen LogP contribution in [0.3, 0.4) is 0 Å². The molecule has 0 aliphatic carbocycles. The number of H-pyrrole nitrogens is 1. The number of aromatic amines is 1. The number of nitrogens with zero attached hydrogens (tertiary/aromatic N) is 3. The predicted octanol–water partition coefficient (Wildman–Crippen LogP) is 4.84. The quantitative estimate of drug-likeness (QED) is 0.435. The van der Waals surface area contributed by atoms with E-state index in [1.807, 2.05) is 36.6 Å². The Labute approximate surface area is 156 Å². The standard InChI is InChI=1S/C17H15BrN6S/c1-10-7-14(24-23-10)21-16-15-13(5-6-25-15)20-17(22-16)19-9-11-3-2-4-12(18)8-11/h2-8H,9H2,1H3,(H3,19,20,21,22,23,24). The van der Waals surface area contributed by atoms with Crippen LogP contribution in [0.4, 0.5) is 17.6 Å². The number of benzene rings is 1. The Balaban J connectivity index is 1.61. The van der Waals surface area contributed by atoms with Crippen molar-refractivity contribution < 1.29 is 0 Å². The van der Waals surface area contributed by atoms with Crippen LogP contribution < -0.4 is 10.6 Å². The number of hydrogen-bond donors (Lipinski definition) is 3. The third-order valence-corrected chi connectivity index (χ3v) is 5.00. The number of rotatable bonds is 5. The first-order valence-corrected chi connectivity index (χ1v) is 9.37. The van der Waals surface area contributed by atoms with Gasteiger partial charge in [0.05, 0.1) is 10.2 Å². The Morgan fingerprint density at radius 3 is 2.92 bits per heavy atom. The number of anilines is 3.